The van der Waals surface area contributed by atoms with Crippen LogP contribution in [0.15, 0.2) is 559 Å². The minimum absolute atomic E-state index is 0.0204. The first-order valence-electron chi connectivity index (χ1n) is 42.0. The molecule has 16 aromatic carbocycles. The van der Waals surface area contributed by atoms with E-state index in [1.165, 1.54) is 91.5 Å². The van der Waals surface area contributed by atoms with Crippen LogP contribution in [0.1, 0.15) is 31.8 Å². The number of para-hydroxylation sites is 4. The van der Waals surface area contributed by atoms with Gasteiger partial charge in [0.1, 0.15) is 94.5 Å². The molecule has 0 saturated heterocycles. The molecule has 6 nitrogen and oxygen atoms in total. The van der Waals surface area contributed by atoms with Gasteiger partial charge in [0.25, 0.3) is 0 Å². The number of carbonyl (C=O) groups is 2. The Morgan fingerprint density at radius 1 is 0.341 bits per heavy atom. The van der Waals surface area contributed by atoms with Crippen LogP contribution in [0.3, 0.4) is 0 Å². The lowest BCUT2D eigenvalue weighted by molar-refractivity contribution is -0.137. The van der Waals surface area contributed by atoms with Crippen LogP contribution < -0.4 is 10.1 Å². The number of alkyl halides is 3. The zero-order chi connectivity index (χ0) is 88.0. The molecular formula is C112H84F3NO5S8+6. The highest BCUT2D eigenvalue weighted by Gasteiger charge is 2.47. The van der Waals surface area contributed by atoms with E-state index in [0.29, 0.717) is 14.7 Å². The summed E-state index contributed by atoms with van der Waals surface area (Å²) in [6, 6.07) is 139. The second kappa shape index (κ2) is 38.3. The zero-order valence-corrected chi connectivity index (χ0v) is 76.2. The maximum absolute atomic E-state index is 13.1. The first kappa shape index (κ1) is 85.8. The van der Waals surface area contributed by atoms with Gasteiger partial charge in [-0.05, 0) is 219 Å². The molecule has 0 bridgehead atoms. The number of carbonyl (C=O) groups excluding carboxylic acids is 2. The number of Topliss-reactive ketones (excluding diaryl/α,β-unsaturated/α-hetero) is 2. The van der Waals surface area contributed by atoms with Crippen molar-refractivity contribution >= 4 is 119 Å². The van der Waals surface area contributed by atoms with E-state index in [1.54, 1.807) is 36.4 Å². The molecule has 0 saturated carbocycles. The molecule has 6 heterocycles. The predicted octanol–water partition coefficient (Wildman–Crippen LogP) is 27.4. The van der Waals surface area contributed by atoms with Gasteiger partial charge in [0.2, 0.25) is 19.6 Å². The molecule has 2 aliphatic carbocycles. The molecule has 0 aromatic heterocycles. The van der Waals surface area contributed by atoms with Crippen LogP contribution in [-0.4, -0.2) is 29.7 Å². The van der Waals surface area contributed by atoms with Crippen LogP contribution in [0.2, 0.25) is 0 Å². The number of allylic oxidation sites excluding steroid dienone is 8. The quantitative estimate of drug-likeness (QED) is 0.101. The zero-order valence-electron chi connectivity index (χ0n) is 69.6. The fourth-order valence-electron chi connectivity index (χ4n) is 16.6. The Labute approximate surface area is 771 Å². The van der Waals surface area contributed by atoms with Gasteiger partial charge < -0.3 is 10.1 Å². The van der Waals surface area contributed by atoms with Crippen LogP contribution in [0.25, 0.3) is 0 Å². The second-order valence-corrected chi connectivity index (χ2v) is 45.8. The molecule has 4 unspecified atom stereocenters. The lowest BCUT2D eigenvalue weighted by atomic mass is 9.90. The van der Waals surface area contributed by atoms with E-state index in [0.717, 1.165) is 53.6 Å². The molecule has 17 heteroatoms. The average molecular weight is 1840 g/mol. The van der Waals surface area contributed by atoms with E-state index in [4.69, 9.17) is 4.74 Å². The number of benzene rings is 16. The number of ether oxygens (including phenoxy) is 1. The molecule has 0 spiro atoms. The molecule has 0 radical (unpaired) electrons. The van der Waals surface area contributed by atoms with E-state index in [1.807, 2.05) is 151 Å². The number of hydrogen-bond donors (Lipinski definition) is 1. The van der Waals surface area contributed by atoms with Crippen LogP contribution in [0, 0.1) is 18.8 Å². The fraction of sp³-hybridized carbons (Fsp3) is 0.0357. The number of rotatable bonds is 6. The highest BCUT2D eigenvalue weighted by Crippen LogP contribution is 2.51. The van der Waals surface area contributed by atoms with E-state index in [9.17, 15) is 31.2 Å². The number of fused-ring (bicyclic) bond motifs is 12. The summed E-state index contributed by atoms with van der Waals surface area (Å²) in [7, 11) is -5.54. The molecule has 16 aromatic rings. The number of hydrogen-bond acceptors (Lipinski definition) is 7. The van der Waals surface area contributed by atoms with Crippen molar-refractivity contribution in [2.75, 3.05) is 5.32 Å². The first-order valence-corrected chi connectivity index (χ1v) is 51.9. The lowest BCUT2D eigenvalue weighted by Gasteiger charge is -2.24. The van der Waals surface area contributed by atoms with Crippen molar-refractivity contribution in [1.82, 2.24) is 0 Å². The Bertz CT molecular complexity index is 6930. The van der Waals surface area contributed by atoms with Crippen molar-refractivity contribution in [3.63, 3.8) is 0 Å². The van der Waals surface area contributed by atoms with Gasteiger partial charge in [-0.3, -0.25) is 9.59 Å². The number of halogens is 3. The van der Waals surface area contributed by atoms with Gasteiger partial charge in [0, 0.05) is 0 Å². The molecular weight excluding hydrogens is 1750 g/mol. The van der Waals surface area contributed by atoms with E-state index in [-0.39, 0.29) is 66.6 Å². The Morgan fingerprint density at radius 2 is 0.690 bits per heavy atom. The van der Waals surface area contributed by atoms with Crippen molar-refractivity contribution in [3.8, 4) is 11.5 Å². The number of sulfone groups is 1. The summed E-state index contributed by atoms with van der Waals surface area (Å²) in [5.41, 5.74) is 4.04. The molecule has 0 fully saturated rings. The summed E-state index contributed by atoms with van der Waals surface area (Å²) in [6.07, 6.45) is 11.1. The van der Waals surface area contributed by atoms with Crippen LogP contribution in [0.5, 0.6) is 11.5 Å². The molecule has 0 amide bonds. The van der Waals surface area contributed by atoms with Gasteiger partial charge in [-0.2, -0.15) is 13.2 Å². The van der Waals surface area contributed by atoms with Crippen molar-refractivity contribution < 1.29 is 35.9 Å². The molecule has 6 aliphatic heterocycles. The highest BCUT2D eigenvalue weighted by molar-refractivity contribution is 8.04. The van der Waals surface area contributed by atoms with Gasteiger partial charge in [0.15, 0.2) is 72.0 Å². The number of aryl methyl sites for hydroxylation is 1. The maximum atomic E-state index is 13.1. The third-order valence-electron chi connectivity index (χ3n) is 22.5. The third kappa shape index (κ3) is 17.7. The van der Waals surface area contributed by atoms with E-state index >= 15 is 0 Å². The Hall–Kier alpha value is -12.7. The number of anilines is 2. The average Bonchev–Trinajstić information content (AvgIpc) is 0.723. The summed E-state index contributed by atoms with van der Waals surface area (Å²) in [6.45, 7) is 2.12. The molecule has 24 rings (SSSR count). The van der Waals surface area contributed by atoms with Gasteiger partial charge in [0.05, 0.1) is 37.9 Å². The summed E-state index contributed by atoms with van der Waals surface area (Å²) in [5.74, 6) is 1.35. The normalized spacial score (nSPS) is 17.0. The largest absolute Gasteiger partial charge is 0.447 e. The third-order valence-corrected chi connectivity index (χ3v) is 40.6. The fourth-order valence-corrected chi connectivity index (χ4v) is 34.9. The summed E-state index contributed by atoms with van der Waals surface area (Å²) in [4.78, 5) is 50.8. The molecule has 129 heavy (non-hydrogen) atoms. The van der Waals surface area contributed by atoms with E-state index in [2.05, 4.69) is 279 Å². The number of nitrogens with one attached hydrogen (secondary N) is 1. The van der Waals surface area contributed by atoms with Crippen LogP contribution >= 0.6 is 11.8 Å². The molecule has 630 valence electrons. The van der Waals surface area contributed by atoms with Gasteiger partial charge in [-0.25, -0.2) is 8.42 Å². The molecule has 1 N–H and O–H groups in total. The monoisotopic (exact) mass is 1840 g/mol. The van der Waals surface area contributed by atoms with Crippen molar-refractivity contribution in [3.05, 3.63) is 483 Å². The van der Waals surface area contributed by atoms with Crippen molar-refractivity contribution in [2.24, 2.45) is 11.8 Å². The number of ketones is 2. The summed E-state index contributed by atoms with van der Waals surface area (Å²) in [5, 5.41) is 3.55. The molecule has 8 aliphatic rings. The lowest BCUT2D eigenvalue weighted by Crippen LogP contribution is -2.32. The Kier molecular flexibility index (Phi) is 25.5. The van der Waals surface area contributed by atoms with Gasteiger partial charge >= 0.3 is 6.18 Å². The summed E-state index contributed by atoms with van der Waals surface area (Å²) < 4.78 is 71.1. The molecule has 4 atom stereocenters. The van der Waals surface area contributed by atoms with Crippen LogP contribution in [-0.2, 0) is 80.6 Å². The van der Waals surface area contributed by atoms with Crippen molar-refractivity contribution in [1.29, 1.82) is 0 Å². The first-order chi connectivity index (χ1) is 63.2. The van der Waals surface area contributed by atoms with E-state index < -0.39 is 48.5 Å². The smallest absolute Gasteiger partial charge is 0.416 e. The van der Waals surface area contributed by atoms with Crippen LogP contribution in [0.4, 0.5) is 24.5 Å². The van der Waals surface area contributed by atoms with Gasteiger partial charge in [-0.15, -0.1) is 0 Å². The predicted molar refractivity (Wildman–Crippen MR) is 527 cm³/mol. The topological polar surface area (TPSA) is 89.5 Å². The number of thiol groups is 2. The maximum Gasteiger partial charge on any atom is 0.416 e. The Balaban J connectivity index is 0.000000101. The second-order valence-electron chi connectivity index (χ2n) is 30.6. The van der Waals surface area contributed by atoms with Crippen molar-refractivity contribution in [2.45, 2.75) is 111 Å². The summed E-state index contributed by atoms with van der Waals surface area (Å²) >= 11 is 1.89. The SMILES string of the molecule is Cc1ccc([S+]2c3ccccc3Oc3ccccc32)cc1.O=C1c2cc(C(F)(F)F)ccc2[SH+](c2ccccc2)=C2C=CC=CC12.O=C1c2ccccc2[SH+](c2ccccc2)=C2C=CC=CC12.O=S1(=O)c2ccccc2[S+](c2ccccc2)c2ccccc21.c1ccc([S+]2c3ccccc3Nc3ccccc32)cc1.c1ccc([S+]2c3ccccc3Sc3ccccc32)cc1. The highest BCUT2D eigenvalue weighted by atomic mass is 32.2. The minimum Gasteiger partial charge on any atom is -0.447 e. The standard InChI is InChI=1S/C20H13F3OS.C19H15OS.C19H14OS.C18H14NS.C18H13O2S2.C18H13S2/c21-20(22,23)13-10-11-18-16(12-13)19(24)15-8-4-5-9-17(15)25(18)14-6-2-1-3-7-14;1-14-10-12-15(13-11-14)21-18-8-4-2-6-16(18)20-17-7-3-5-9-19(17)21;20-19-15-10-4-6-12-17(15)21(14-8-2-1-3-9-14)18-13-7-5-11-16(18)19;1-2-8-14(9-3-1)20-17-12-6-4-10-15(17)19-16-11-5-7-13-18(16)20;19-22(20)17-12-6-4-10-15(17)21(14-8-2-1-3-9-14)16-11-5-7-13-18(16)22;1-2-8-14(9-3-1)20-17-12-6-4-10-15(17)19-16-11-5-7-13-18(16)20/h1-12,15H;2-13H,1H3;1-13,15H;1-13,19H;1-13H;1-13H/q;+1;;3*+1/p+2. The minimum atomic E-state index is -4.46. The van der Waals surface area contributed by atoms with Gasteiger partial charge in [-0.1, -0.05) is 287 Å². The Morgan fingerprint density at radius 3 is 1.16 bits per heavy atom.